The van der Waals surface area contributed by atoms with Crippen LogP contribution in [0.15, 0.2) is 0 Å². The van der Waals surface area contributed by atoms with Gasteiger partial charge in [0.05, 0.1) is 0 Å². The molecule has 0 spiro atoms. The van der Waals surface area contributed by atoms with Gasteiger partial charge < -0.3 is 4.90 Å². The molecule has 120 valence electrons. The first kappa shape index (κ1) is 19.6. The van der Waals surface area contributed by atoms with Gasteiger partial charge in [-0.25, -0.2) is 4.98 Å². The molecule has 0 unspecified atom stereocenters. The molecule has 0 amide bonds. The summed E-state index contributed by atoms with van der Waals surface area (Å²) in [6.45, 7) is 5.54. The van der Waals surface area contributed by atoms with Crippen molar-refractivity contribution in [3.63, 3.8) is 0 Å². The van der Waals surface area contributed by atoms with Crippen molar-refractivity contribution in [1.29, 1.82) is 0 Å². The molecule has 0 N–H and O–H groups in total. The van der Waals surface area contributed by atoms with Crippen LogP contribution in [0.3, 0.4) is 0 Å². The Morgan fingerprint density at radius 2 is 1.14 bits per heavy atom. The minimum atomic E-state index is -1.83. The molecule has 0 aliphatic rings. The van der Waals surface area contributed by atoms with Crippen LogP contribution >= 0.6 is 69.6 Å². The number of hydrogen-bond donors (Lipinski definition) is 0. The fourth-order valence-electron chi connectivity index (χ4n) is 1.61. The van der Waals surface area contributed by atoms with Crippen LogP contribution in [-0.2, 0) is 7.59 Å². The van der Waals surface area contributed by atoms with Crippen molar-refractivity contribution in [1.82, 2.24) is 15.0 Å². The van der Waals surface area contributed by atoms with Crippen LogP contribution in [0.1, 0.15) is 38.3 Å². The predicted molar refractivity (Wildman–Crippen MR) is 91.1 cm³/mol. The summed E-state index contributed by atoms with van der Waals surface area (Å²) in [5, 5.41) is 0. The van der Waals surface area contributed by atoms with Gasteiger partial charge >= 0.3 is 0 Å². The highest BCUT2D eigenvalue weighted by Gasteiger charge is 2.34. The zero-order valence-electron chi connectivity index (χ0n) is 11.4. The number of rotatable bonds is 5. The van der Waals surface area contributed by atoms with E-state index in [9.17, 15) is 0 Å². The molecule has 0 radical (unpaired) electrons. The summed E-state index contributed by atoms with van der Waals surface area (Å²) in [5.41, 5.74) is 0. The Hall–Kier alpha value is 0.550. The lowest BCUT2D eigenvalue weighted by Crippen LogP contribution is -2.29. The standard InChI is InChI=1S/C11H14Cl6N4/c1-3-5-21(6-4-2)9-19-7(10(12,13)14)18-8(20-9)11(15,16)17/h3-6H2,1-2H3. The molecule has 1 aromatic heterocycles. The van der Waals surface area contributed by atoms with Crippen LogP contribution < -0.4 is 4.90 Å². The van der Waals surface area contributed by atoms with Gasteiger partial charge in [-0.2, -0.15) is 9.97 Å². The minimum absolute atomic E-state index is 0.0731. The summed E-state index contributed by atoms with van der Waals surface area (Å²) < 4.78 is -3.65. The first-order valence-corrected chi connectivity index (χ1v) is 8.51. The third-order valence-corrected chi connectivity index (χ3v) is 3.41. The van der Waals surface area contributed by atoms with Gasteiger partial charge in [-0.3, -0.25) is 0 Å². The molecule has 0 saturated carbocycles. The molecule has 0 bridgehead atoms. The van der Waals surface area contributed by atoms with Crippen LogP contribution in [0.4, 0.5) is 5.95 Å². The van der Waals surface area contributed by atoms with Crippen molar-refractivity contribution in [2.24, 2.45) is 0 Å². The summed E-state index contributed by atoms with van der Waals surface area (Å²) in [5.74, 6) is 0.184. The van der Waals surface area contributed by atoms with Gasteiger partial charge in [0.25, 0.3) is 0 Å². The third-order valence-electron chi connectivity index (χ3n) is 2.40. The van der Waals surface area contributed by atoms with Gasteiger partial charge in [0.1, 0.15) is 0 Å². The number of hydrogen-bond acceptors (Lipinski definition) is 4. The topological polar surface area (TPSA) is 41.9 Å². The lowest BCUT2D eigenvalue weighted by molar-refractivity contribution is 0.701. The van der Waals surface area contributed by atoms with E-state index < -0.39 is 7.59 Å². The van der Waals surface area contributed by atoms with Gasteiger partial charge in [0, 0.05) is 13.1 Å². The number of anilines is 1. The number of aromatic nitrogens is 3. The average Bonchev–Trinajstić information content (AvgIpc) is 2.36. The van der Waals surface area contributed by atoms with Crippen molar-refractivity contribution in [2.45, 2.75) is 34.3 Å². The second kappa shape index (κ2) is 7.89. The predicted octanol–water partition coefficient (Wildman–Crippen LogP) is 5.15. The first-order valence-electron chi connectivity index (χ1n) is 6.25. The maximum absolute atomic E-state index is 5.84. The number of halogens is 6. The Morgan fingerprint density at radius 3 is 1.43 bits per heavy atom. The molecule has 4 nitrogen and oxygen atoms in total. The van der Waals surface area contributed by atoms with Crippen molar-refractivity contribution in [3.05, 3.63) is 11.6 Å². The van der Waals surface area contributed by atoms with Gasteiger partial charge in [-0.1, -0.05) is 83.5 Å². The van der Waals surface area contributed by atoms with E-state index in [0.717, 1.165) is 25.9 Å². The number of nitrogens with zero attached hydrogens (tertiary/aromatic N) is 4. The van der Waals surface area contributed by atoms with Gasteiger partial charge in [0.15, 0.2) is 11.6 Å². The van der Waals surface area contributed by atoms with E-state index in [1.54, 1.807) is 0 Å². The van der Waals surface area contributed by atoms with Crippen molar-refractivity contribution in [2.75, 3.05) is 18.0 Å². The second-order valence-electron chi connectivity index (χ2n) is 4.27. The second-order valence-corrected chi connectivity index (χ2v) is 8.83. The average molecular weight is 415 g/mol. The fourth-order valence-corrected chi connectivity index (χ4v) is 2.12. The lowest BCUT2D eigenvalue weighted by atomic mass is 10.4. The Bertz CT molecular complexity index is 433. The molecule has 0 atom stereocenters. The van der Waals surface area contributed by atoms with Gasteiger partial charge in [-0.05, 0) is 12.8 Å². The van der Waals surface area contributed by atoms with Crippen molar-refractivity contribution in [3.8, 4) is 0 Å². The molecule has 1 rings (SSSR count). The molecule has 10 heteroatoms. The molecule has 0 aliphatic heterocycles. The van der Waals surface area contributed by atoms with E-state index >= 15 is 0 Å². The summed E-state index contributed by atoms with van der Waals surface area (Å²) in [6.07, 6.45) is 1.80. The van der Waals surface area contributed by atoms with Crippen LogP contribution in [0.25, 0.3) is 0 Å². The third kappa shape index (κ3) is 5.92. The summed E-state index contributed by atoms with van der Waals surface area (Å²) in [4.78, 5) is 14.2. The van der Waals surface area contributed by atoms with Gasteiger partial charge in [0.2, 0.25) is 13.5 Å². The highest BCUT2D eigenvalue weighted by atomic mass is 35.6. The first-order chi connectivity index (χ1) is 9.59. The maximum atomic E-state index is 5.84. The van der Waals surface area contributed by atoms with E-state index in [2.05, 4.69) is 15.0 Å². The molecule has 0 fully saturated rings. The molecule has 21 heavy (non-hydrogen) atoms. The highest BCUT2D eigenvalue weighted by Crippen LogP contribution is 2.40. The summed E-state index contributed by atoms with van der Waals surface area (Å²) in [7, 11) is 0. The number of alkyl halides is 6. The molecule has 0 aliphatic carbocycles. The van der Waals surface area contributed by atoms with Crippen LogP contribution in [0.2, 0.25) is 0 Å². The van der Waals surface area contributed by atoms with E-state index in [0.29, 0.717) is 5.95 Å². The molecular formula is C11H14Cl6N4. The van der Waals surface area contributed by atoms with Crippen LogP contribution in [0.5, 0.6) is 0 Å². The Morgan fingerprint density at radius 1 is 0.762 bits per heavy atom. The molecule has 0 saturated heterocycles. The van der Waals surface area contributed by atoms with E-state index in [1.165, 1.54) is 0 Å². The molecular weight excluding hydrogens is 401 g/mol. The lowest BCUT2D eigenvalue weighted by Gasteiger charge is -2.24. The Labute approximate surface area is 154 Å². The molecule has 1 aromatic rings. The van der Waals surface area contributed by atoms with Crippen molar-refractivity contribution >= 4 is 75.6 Å². The van der Waals surface area contributed by atoms with E-state index in [4.69, 9.17) is 69.6 Å². The highest BCUT2D eigenvalue weighted by molar-refractivity contribution is 6.67. The summed E-state index contributed by atoms with van der Waals surface area (Å²) in [6, 6.07) is 0. The van der Waals surface area contributed by atoms with E-state index in [1.807, 2.05) is 18.7 Å². The van der Waals surface area contributed by atoms with E-state index in [-0.39, 0.29) is 11.6 Å². The normalized spacial score (nSPS) is 12.6. The Balaban J connectivity index is 3.36. The minimum Gasteiger partial charge on any atom is -0.341 e. The smallest absolute Gasteiger partial charge is 0.250 e. The quantitative estimate of drug-likeness (QED) is 0.624. The van der Waals surface area contributed by atoms with Crippen molar-refractivity contribution < 1.29 is 0 Å². The summed E-state index contributed by atoms with van der Waals surface area (Å²) >= 11 is 35.1. The maximum Gasteiger partial charge on any atom is 0.250 e. The zero-order chi connectivity index (χ0) is 16.3. The van der Waals surface area contributed by atoms with Crippen LogP contribution in [-0.4, -0.2) is 28.0 Å². The zero-order valence-corrected chi connectivity index (χ0v) is 15.9. The molecule has 0 aromatic carbocycles. The monoisotopic (exact) mass is 412 g/mol. The molecule has 1 heterocycles. The largest absolute Gasteiger partial charge is 0.341 e. The SMILES string of the molecule is CCCN(CCC)c1nc(C(Cl)(Cl)Cl)nc(C(Cl)(Cl)Cl)n1. The van der Waals surface area contributed by atoms with Gasteiger partial charge in [-0.15, -0.1) is 0 Å². The fraction of sp³-hybridized carbons (Fsp3) is 0.727. The van der Waals surface area contributed by atoms with Crippen LogP contribution in [0, 0.1) is 0 Å². The Kier molecular flexibility index (Phi) is 7.36.